The van der Waals surface area contributed by atoms with Crippen LogP contribution in [0.3, 0.4) is 0 Å². The molecule has 6 nitrogen and oxygen atoms in total. The summed E-state index contributed by atoms with van der Waals surface area (Å²) < 4.78 is 1.02. The second-order valence-corrected chi connectivity index (χ2v) is 7.31. The summed E-state index contributed by atoms with van der Waals surface area (Å²) in [4.78, 5) is 26.9. The van der Waals surface area contributed by atoms with Crippen LogP contribution in [0.15, 0.2) is 29.3 Å². The van der Waals surface area contributed by atoms with E-state index < -0.39 is 0 Å². The molecule has 0 aliphatic carbocycles. The van der Waals surface area contributed by atoms with E-state index in [0.29, 0.717) is 31.0 Å². The van der Waals surface area contributed by atoms with E-state index in [2.05, 4.69) is 33.2 Å². The Balaban J connectivity index is 1.80. The van der Waals surface area contributed by atoms with Crippen molar-refractivity contribution >= 4 is 56.0 Å². The molecule has 132 valence electrons. The molecule has 7 heteroatoms. The molecule has 1 aliphatic rings. The summed E-state index contributed by atoms with van der Waals surface area (Å²) in [7, 11) is 0. The molecule has 0 radical (unpaired) electrons. The number of nitrogen functional groups attached to an aromatic ring is 1. The minimum absolute atomic E-state index is 0.0411. The minimum atomic E-state index is 0.0411. The van der Waals surface area contributed by atoms with E-state index in [-0.39, 0.29) is 5.91 Å². The van der Waals surface area contributed by atoms with Crippen molar-refractivity contribution < 1.29 is 4.79 Å². The predicted octanol–water partition coefficient (Wildman–Crippen LogP) is 3.26. The van der Waals surface area contributed by atoms with Crippen molar-refractivity contribution in [2.75, 3.05) is 18.8 Å². The molecule has 26 heavy (non-hydrogen) atoms. The largest absolute Gasteiger partial charge is 0.382 e. The predicted molar refractivity (Wildman–Crippen MR) is 107 cm³/mol. The van der Waals surface area contributed by atoms with Crippen LogP contribution < -0.4 is 5.73 Å². The summed E-state index contributed by atoms with van der Waals surface area (Å²) in [6, 6.07) is 6.22. The van der Waals surface area contributed by atoms with E-state index in [0.717, 1.165) is 26.2 Å². The standard InChI is InChI=1S/C19H19N5OS/c1-3-24(11(2)25)10-16-23-17-18(26-16)14-5-4-12(13-6-7-21-9-13)8-15(14)22-19(17)20/h4-8H,3,9-10H2,1-2H3,(H2,20,22). The van der Waals surface area contributed by atoms with Crippen molar-refractivity contribution in [1.82, 2.24) is 14.9 Å². The molecule has 3 heterocycles. The van der Waals surface area contributed by atoms with Crippen molar-refractivity contribution in [1.29, 1.82) is 0 Å². The third kappa shape index (κ3) is 2.84. The van der Waals surface area contributed by atoms with Crippen molar-refractivity contribution in [2.24, 2.45) is 4.99 Å². The molecule has 0 saturated heterocycles. The molecular weight excluding hydrogens is 346 g/mol. The van der Waals surface area contributed by atoms with Crippen LogP contribution in [0, 0.1) is 0 Å². The minimum Gasteiger partial charge on any atom is -0.382 e. The first-order chi connectivity index (χ1) is 12.6. The van der Waals surface area contributed by atoms with Crippen molar-refractivity contribution in [3.05, 3.63) is 34.8 Å². The van der Waals surface area contributed by atoms with Crippen LogP contribution >= 0.6 is 11.3 Å². The first-order valence-electron chi connectivity index (χ1n) is 8.50. The van der Waals surface area contributed by atoms with Crippen LogP contribution in [0.5, 0.6) is 0 Å². The number of nitrogens with two attached hydrogens (primary N) is 1. The van der Waals surface area contributed by atoms with Gasteiger partial charge in [-0.1, -0.05) is 12.1 Å². The highest BCUT2D eigenvalue weighted by Crippen LogP contribution is 2.34. The number of rotatable bonds is 4. The van der Waals surface area contributed by atoms with E-state index >= 15 is 0 Å². The Hall–Kier alpha value is -2.80. The second kappa shape index (κ2) is 6.49. The molecule has 0 spiro atoms. The molecule has 0 atom stereocenters. The van der Waals surface area contributed by atoms with Gasteiger partial charge in [0.05, 0.1) is 23.3 Å². The zero-order chi connectivity index (χ0) is 18.3. The monoisotopic (exact) mass is 365 g/mol. The number of amides is 1. The fourth-order valence-electron chi connectivity index (χ4n) is 3.13. The lowest BCUT2D eigenvalue weighted by molar-refractivity contribution is -0.129. The lowest BCUT2D eigenvalue weighted by Crippen LogP contribution is -2.27. The van der Waals surface area contributed by atoms with Crippen LogP contribution in [0.25, 0.3) is 26.7 Å². The number of carbonyl (C=O) groups is 1. The van der Waals surface area contributed by atoms with Gasteiger partial charge in [0.15, 0.2) is 5.82 Å². The first-order valence-corrected chi connectivity index (χ1v) is 9.32. The van der Waals surface area contributed by atoms with Gasteiger partial charge in [0.25, 0.3) is 0 Å². The fraction of sp³-hybridized carbons (Fsp3) is 0.263. The van der Waals surface area contributed by atoms with E-state index in [1.807, 2.05) is 19.2 Å². The van der Waals surface area contributed by atoms with E-state index in [1.54, 1.807) is 23.2 Å². The average molecular weight is 365 g/mol. The number of allylic oxidation sites excluding steroid dienone is 1. The zero-order valence-electron chi connectivity index (χ0n) is 14.7. The van der Waals surface area contributed by atoms with Gasteiger partial charge in [-0.2, -0.15) is 0 Å². The van der Waals surface area contributed by atoms with Gasteiger partial charge < -0.3 is 10.6 Å². The summed E-state index contributed by atoms with van der Waals surface area (Å²) in [5, 5.41) is 1.90. The van der Waals surface area contributed by atoms with E-state index in [1.165, 1.54) is 5.57 Å². The van der Waals surface area contributed by atoms with Gasteiger partial charge >= 0.3 is 0 Å². The number of fused-ring (bicyclic) bond motifs is 3. The molecule has 3 aromatic rings. The lowest BCUT2D eigenvalue weighted by Gasteiger charge is -2.16. The molecule has 2 N–H and O–H groups in total. The van der Waals surface area contributed by atoms with Crippen LogP contribution in [-0.2, 0) is 11.3 Å². The number of pyridine rings is 1. The molecule has 0 unspecified atom stereocenters. The zero-order valence-corrected chi connectivity index (χ0v) is 15.5. The maximum atomic E-state index is 11.7. The van der Waals surface area contributed by atoms with Gasteiger partial charge in [-0.15, -0.1) is 11.3 Å². The Bertz CT molecular complexity index is 1080. The third-order valence-corrected chi connectivity index (χ3v) is 5.64. The number of carbonyl (C=O) groups excluding carboxylic acids is 1. The molecule has 1 aromatic carbocycles. The van der Waals surface area contributed by atoms with Crippen molar-refractivity contribution in [3.63, 3.8) is 0 Å². The van der Waals surface area contributed by atoms with Crippen LogP contribution in [-0.4, -0.2) is 40.1 Å². The highest BCUT2D eigenvalue weighted by atomic mass is 32.1. The summed E-state index contributed by atoms with van der Waals surface area (Å²) in [5.74, 6) is 0.467. The SMILES string of the molecule is CCN(Cc1nc2c(N)nc3cc(C4=CC=NC4)ccc3c2s1)C(C)=O. The van der Waals surface area contributed by atoms with Gasteiger partial charge in [-0.05, 0) is 30.2 Å². The Morgan fingerprint density at radius 2 is 2.19 bits per heavy atom. The topological polar surface area (TPSA) is 84.5 Å². The Morgan fingerprint density at radius 3 is 2.88 bits per heavy atom. The normalized spacial score (nSPS) is 13.5. The van der Waals surface area contributed by atoms with Crippen LogP contribution in [0.4, 0.5) is 5.82 Å². The van der Waals surface area contributed by atoms with Crippen LogP contribution in [0.2, 0.25) is 0 Å². The lowest BCUT2D eigenvalue weighted by atomic mass is 10.0. The van der Waals surface area contributed by atoms with E-state index in [4.69, 9.17) is 5.73 Å². The summed E-state index contributed by atoms with van der Waals surface area (Å²) in [6.45, 7) is 5.38. The Labute approximate surface area is 155 Å². The smallest absolute Gasteiger partial charge is 0.219 e. The maximum Gasteiger partial charge on any atom is 0.219 e. The van der Waals surface area contributed by atoms with E-state index in [9.17, 15) is 4.79 Å². The molecule has 0 saturated carbocycles. The van der Waals surface area contributed by atoms with Crippen molar-refractivity contribution in [2.45, 2.75) is 20.4 Å². The highest BCUT2D eigenvalue weighted by molar-refractivity contribution is 7.19. The third-order valence-electron chi connectivity index (χ3n) is 4.56. The number of benzene rings is 1. The Morgan fingerprint density at radius 1 is 1.35 bits per heavy atom. The first kappa shape index (κ1) is 16.7. The number of hydrogen-bond acceptors (Lipinski definition) is 6. The highest BCUT2D eigenvalue weighted by Gasteiger charge is 2.16. The average Bonchev–Trinajstić information content (AvgIpc) is 3.29. The maximum absolute atomic E-state index is 11.7. The number of anilines is 1. The van der Waals surface area contributed by atoms with Gasteiger partial charge in [-0.25, -0.2) is 9.97 Å². The molecule has 1 amide bonds. The fourth-order valence-corrected chi connectivity index (χ4v) is 4.25. The molecule has 1 aliphatic heterocycles. The number of aliphatic imine (C=N–C) groups is 1. The summed E-state index contributed by atoms with van der Waals surface area (Å²) in [5.41, 5.74) is 10.0. The summed E-state index contributed by atoms with van der Waals surface area (Å²) in [6.07, 6.45) is 3.85. The second-order valence-electron chi connectivity index (χ2n) is 6.23. The van der Waals surface area contributed by atoms with Gasteiger partial charge in [-0.3, -0.25) is 9.79 Å². The molecule has 0 bridgehead atoms. The number of aromatic nitrogens is 2. The van der Waals surface area contributed by atoms with Gasteiger partial charge in [0, 0.05) is 25.1 Å². The quantitative estimate of drug-likeness (QED) is 0.769. The summed E-state index contributed by atoms with van der Waals surface area (Å²) >= 11 is 1.58. The van der Waals surface area contributed by atoms with Gasteiger partial charge in [0.2, 0.25) is 5.91 Å². The number of hydrogen-bond donors (Lipinski definition) is 1. The Kier molecular flexibility index (Phi) is 4.16. The molecule has 4 rings (SSSR count). The molecular formula is C19H19N5OS. The van der Waals surface area contributed by atoms with Gasteiger partial charge in [0.1, 0.15) is 10.5 Å². The molecule has 2 aromatic heterocycles. The van der Waals surface area contributed by atoms with Crippen molar-refractivity contribution in [3.8, 4) is 0 Å². The van der Waals surface area contributed by atoms with Crippen LogP contribution in [0.1, 0.15) is 24.4 Å². The molecule has 0 fully saturated rings. The number of nitrogens with zero attached hydrogens (tertiary/aromatic N) is 4. The number of thiazole rings is 1.